The maximum absolute atomic E-state index is 12.4. The van der Waals surface area contributed by atoms with Crippen molar-refractivity contribution < 1.29 is 9.59 Å². The third kappa shape index (κ3) is 5.24. The van der Waals surface area contributed by atoms with Crippen molar-refractivity contribution in [3.05, 3.63) is 65.7 Å². The highest BCUT2D eigenvalue weighted by Gasteiger charge is 2.12. The highest BCUT2D eigenvalue weighted by molar-refractivity contribution is 7.13. The molecule has 1 aromatic heterocycles. The van der Waals surface area contributed by atoms with Gasteiger partial charge < -0.3 is 10.6 Å². The third-order valence-electron chi connectivity index (χ3n) is 3.78. The van der Waals surface area contributed by atoms with Crippen LogP contribution in [0.25, 0.3) is 10.6 Å². The van der Waals surface area contributed by atoms with Gasteiger partial charge in [0.25, 0.3) is 5.91 Å². The van der Waals surface area contributed by atoms with E-state index in [2.05, 4.69) is 15.6 Å². The van der Waals surface area contributed by atoms with Crippen molar-refractivity contribution in [2.75, 3.05) is 10.6 Å². The molecule has 0 unspecified atom stereocenters. The van der Waals surface area contributed by atoms with E-state index in [9.17, 15) is 9.59 Å². The monoisotopic (exact) mass is 379 g/mol. The molecule has 1 heterocycles. The summed E-state index contributed by atoms with van der Waals surface area (Å²) in [5, 5.41) is 8.23. The van der Waals surface area contributed by atoms with Gasteiger partial charge in [0.15, 0.2) is 0 Å². The second kappa shape index (κ2) is 8.60. The van der Waals surface area contributed by atoms with Gasteiger partial charge in [0.05, 0.1) is 0 Å². The van der Waals surface area contributed by atoms with Gasteiger partial charge in [-0.05, 0) is 30.2 Å². The summed E-state index contributed by atoms with van der Waals surface area (Å²) in [5.74, 6) is 0.0326. The van der Waals surface area contributed by atoms with Crippen LogP contribution in [0.1, 0.15) is 30.8 Å². The minimum Gasteiger partial charge on any atom is -0.326 e. The van der Waals surface area contributed by atoms with Crippen LogP contribution in [0.5, 0.6) is 0 Å². The molecule has 0 saturated carbocycles. The van der Waals surface area contributed by atoms with Gasteiger partial charge in [-0.25, -0.2) is 4.98 Å². The molecule has 0 atom stereocenters. The topological polar surface area (TPSA) is 71.1 Å². The van der Waals surface area contributed by atoms with E-state index in [-0.39, 0.29) is 11.8 Å². The van der Waals surface area contributed by atoms with E-state index in [1.807, 2.05) is 44.2 Å². The fourth-order valence-corrected chi connectivity index (χ4v) is 3.31. The zero-order valence-electron chi connectivity index (χ0n) is 15.2. The van der Waals surface area contributed by atoms with Crippen LogP contribution < -0.4 is 10.6 Å². The summed E-state index contributed by atoms with van der Waals surface area (Å²) in [4.78, 5) is 28.6. The molecule has 0 radical (unpaired) electrons. The molecule has 5 nitrogen and oxygen atoms in total. The average molecular weight is 379 g/mol. The van der Waals surface area contributed by atoms with E-state index < -0.39 is 0 Å². The van der Waals surface area contributed by atoms with Crippen molar-refractivity contribution in [3.63, 3.8) is 0 Å². The van der Waals surface area contributed by atoms with E-state index in [1.165, 1.54) is 11.3 Å². The molecule has 0 spiro atoms. The Morgan fingerprint density at radius 1 is 0.963 bits per heavy atom. The summed E-state index contributed by atoms with van der Waals surface area (Å²) in [5.41, 5.74) is 2.73. The van der Waals surface area contributed by atoms with Crippen LogP contribution in [0.15, 0.2) is 60.0 Å². The van der Waals surface area contributed by atoms with Gasteiger partial charge in [-0.15, -0.1) is 11.3 Å². The highest BCUT2D eigenvalue weighted by Crippen LogP contribution is 2.24. The molecule has 3 rings (SSSR count). The summed E-state index contributed by atoms with van der Waals surface area (Å²) in [6, 6.07) is 16.8. The molecule has 0 bridgehead atoms. The molecule has 0 aliphatic heterocycles. The lowest BCUT2D eigenvalue weighted by Crippen LogP contribution is -2.14. The number of benzene rings is 2. The number of anilines is 2. The van der Waals surface area contributed by atoms with E-state index in [0.717, 1.165) is 10.6 Å². The molecule has 6 heteroatoms. The zero-order chi connectivity index (χ0) is 19.2. The first-order chi connectivity index (χ1) is 13.0. The Balaban J connectivity index is 1.61. The number of amides is 2. The van der Waals surface area contributed by atoms with Crippen molar-refractivity contribution in [3.8, 4) is 10.6 Å². The van der Waals surface area contributed by atoms with Gasteiger partial charge in [0, 0.05) is 28.7 Å². The fraction of sp³-hybridized carbons (Fsp3) is 0.190. The average Bonchev–Trinajstić information content (AvgIpc) is 3.14. The van der Waals surface area contributed by atoms with E-state index in [4.69, 9.17) is 0 Å². The molecule has 0 aliphatic rings. The maximum Gasteiger partial charge on any atom is 0.275 e. The van der Waals surface area contributed by atoms with Gasteiger partial charge in [0.2, 0.25) is 5.91 Å². The molecule has 138 valence electrons. The number of aromatic nitrogens is 1. The number of nitrogens with one attached hydrogen (secondary N) is 2. The number of nitrogens with zero attached hydrogens (tertiary/aromatic N) is 1. The van der Waals surface area contributed by atoms with Crippen molar-refractivity contribution in [2.45, 2.75) is 20.3 Å². The fourth-order valence-electron chi connectivity index (χ4n) is 2.51. The van der Waals surface area contributed by atoms with E-state index >= 15 is 0 Å². The lowest BCUT2D eigenvalue weighted by Gasteiger charge is -2.08. The predicted molar refractivity (Wildman–Crippen MR) is 110 cm³/mol. The molecular weight excluding hydrogens is 358 g/mol. The smallest absolute Gasteiger partial charge is 0.275 e. The molecular formula is C21H21N3O2S. The van der Waals surface area contributed by atoms with E-state index in [1.54, 1.807) is 29.6 Å². The molecule has 2 aromatic carbocycles. The Morgan fingerprint density at radius 3 is 2.22 bits per heavy atom. The Labute approximate surface area is 162 Å². The molecule has 0 fully saturated rings. The molecule has 3 aromatic rings. The first-order valence-corrected chi connectivity index (χ1v) is 9.61. The van der Waals surface area contributed by atoms with Crippen molar-refractivity contribution in [1.82, 2.24) is 4.98 Å². The number of hydrogen-bond donors (Lipinski definition) is 2. The standard InChI is InChI=1S/C21H21N3O2S/c1-14(2)12-19(25)22-16-8-10-17(11-9-16)23-20(26)18-13-27-21(24-18)15-6-4-3-5-7-15/h3-11,13-14H,12H2,1-2H3,(H,22,25)(H,23,26). The second-order valence-corrected chi connectivity index (χ2v) is 7.44. The van der Waals surface area contributed by atoms with Crippen LogP contribution in [0.2, 0.25) is 0 Å². The SMILES string of the molecule is CC(C)CC(=O)Nc1ccc(NC(=O)c2csc(-c3ccccc3)n2)cc1. The van der Waals surface area contributed by atoms with Crippen molar-refractivity contribution in [1.29, 1.82) is 0 Å². The van der Waals surface area contributed by atoms with Gasteiger partial charge >= 0.3 is 0 Å². The summed E-state index contributed by atoms with van der Waals surface area (Å²) >= 11 is 1.44. The van der Waals surface area contributed by atoms with Crippen molar-refractivity contribution in [2.24, 2.45) is 5.92 Å². The zero-order valence-corrected chi connectivity index (χ0v) is 16.0. The first-order valence-electron chi connectivity index (χ1n) is 8.73. The highest BCUT2D eigenvalue weighted by atomic mass is 32.1. The Kier molecular flexibility index (Phi) is 5.98. The van der Waals surface area contributed by atoms with Crippen molar-refractivity contribution >= 4 is 34.5 Å². The second-order valence-electron chi connectivity index (χ2n) is 6.58. The van der Waals surface area contributed by atoms with Crippen LogP contribution in [-0.4, -0.2) is 16.8 Å². The molecule has 27 heavy (non-hydrogen) atoms. The predicted octanol–water partition coefficient (Wildman–Crippen LogP) is 5.05. The summed E-state index contributed by atoms with van der Waals surface area (Å²) in [6.07, 6.45) is 0.478. The van der Waals surface area contributed by atoms with Gasteiger partial charge in [-0.3, -0.25) is 9.59 Å². The number of thiazole rings is 1. The number of carbonyl (C=O) groups excluding carboxylic acids is 2. The van der Waals surface area contributed by atoms with Gasteiger partial charge in [-0.1, -0.05) is 44.2 Å². The minimum atomic E-state index is -0.259. The molecule has 2 N–H and O–H groups in total. The Morgan fingerprint density at radius 2 is 1.59 bits per heavy atom. The lowest BCUT2D eigenvalue weighted by molar-refractivity contribution is -0.116. The molecule has 2 amide bonds. The lowest BCUT2D eigenvalue weighted by atomic mass is 10.1. The Bertz CT molecular complexity index is 918. The van der Waals surface area contributed by atoms with Gasteiger partial charge in [0.1, 0.15) is 10.7 Å². The number of carbonyl (C=O) groups is 2. The first kappa shape index (κ1) is 18.8. The Hall–Kier alpha value is -2.99. The van der Waals surface area contributed by atoms with Crippen LogP contribution >= 0.6 is 11.3 Å². The normalized spacial score (nSPS) is 10.6. The number of rotatable bonds is 6. The number of hydrogen-bond acceptors (Lipinski definition) is 4. The minimum absolute atomic E-state index is 0.0160. The van der Waals surface area contributed by atoms with Crippen LogP contribution in [-0.2, 0) is 4.79 Å². The van der Waals surface area contributed by atoms with Crippen LogP contribution in [0.4, 0.5) is 11.4 Å². The summed E-state index contributed by atoms with van der Waals surface area (Å²) in [7, 11) is 0. The third-order valence-corrected chi connectivity index (χ3v) is 4.67. The summed E-state index contributed by atoms with van der Waals surface area (Å²) in [6.45, 7) is 4.00. The van der Waals surface area contributed by atoms with Crippen LogP contribution in [0.3, 0.4) is 0 Å². The van der Waals surface area contributed by atoms with Gasteiger partial charge in [-0.2, -0.15) is 0 Å². The summed E-state index contributed by atoms with van der Waals surface area (Å²) < 4.78 is 0. The molecule has 0 aliphatic carbocycles. The largest absolute Gasteiger partial charge is 0.326 e. The molecule has 0 saturated heterocycles. The van der Waals surface area contributed by atoms with E-state index in [0.29, 0.717) is 29.4 Å². The van der Waals surface area contributed by atoms with Crippen LogP contribution in [0, 0.1) is 5.92 Å². The quantitative estimate of drug-likeness (QED) is 0.630. The maximum atomic E-state index is 12.4.